The third kappa shape index (κ3) is 4.03. The summed E-state index contributed by atoms with van der Waals surface area (Å²) in [5.74, 6) is -0.953. The van der Waals surface area contributed by atoms with Crippen LogP contribution in [0.5, 0.6) is 5.75 Å². The van der Waals surface area contributed by atoms with Crippen LogP contribution in [0.4, 0.5) is 0 Å². The van der Waals surface area contributed by atoms with Crippen molar-refractivity contribution in [2.75, 3.05) is 6.61 Å². The second-order valence-corrected chi connectivity index (χ2v) is 6.08. The maximum Gasteiger partial charge on any atom is 0.326 e. The topological polar surface area (TPSA) is 91.4 Å². The molecule has 3 aromatic rings. The molecule has 0 saturated heterocycles. The number of aromatic amines is 1. The molecular formula is C20H20N2O4. The molecule has 0 aliphatic heterocycles. The number of aryl methyl sites for hydroxylation is 1. The van der Waals surface area contributed by atoms with E-state index in [-0.39, 0.29) is 13.0 Å². The van der Waals surface area contributed by atoms with Gasteiger partial charge >= 0.3 is 5.97 Å². The summed E-state index contributed by atoms with van der Waals surface area (Å²) in [5.41, 5.74) is 2.68. The van der Waals surface area contributed by atoms with E-state index in [1.54, 1.807) is 12.3 Å². The third-order valence-corrected chi connectivity index (χ3v) is 4.18. The van der Waals surface area contributed by atoms with Gasteiger partial charge in [-0.3, -0.25) is 4.79 Å². The van der Waals surface area contributed by atoms with Gasteiger partial charge in [0.1, 0.15) is 11.8 Å². The summed E-state index contributed by atoms with van der Waals surface area (Å²) < 4.78 is 5.47. The van der Waals surface area contributed by atoms with Crippen molar-refractivity contribution >= 4 is 22.8 Å². The standard InChI is InChI=1S/C20H20N2O4/c1-13-6-2-5-9-18(13)26-12-19(23)22-17(20(24)25)10-14-11-21-16-8-4-3-7-15(14)16/h2-9,11,17,21H,10,12H2,1H3,(H,22,23)(H,24,25)/t17-/m0/s1. The van der Waals surface area contributed by atoms with Crippen LogP contribution in [0, 0.1) is 6.92 Å². The van der Waals surface area contributed by atoms with E-state index in [0.29, 0.717) is 5.75 Å². The highest BCUT2D eigenvalue weighted by molar-refractivity contribution is 5.87. The Bertz CT molecular complexity index is 932. The number of carboxylic acids is 1. The molecule has 0 bridgehead atoms. The van der Waals surface area contributed by atoms with Crippen molar-refractivity contribution in [3.63, 3.8) is 0 Å². The highest BCUT2D eigenvalue weighted by atomic mass is 16.5. The number of hydrogen-bond donors (Lipinski definition) is 3. The molecular weight excluding hydrogens is 332 g/mol. The van der Waals surface area contributed by atoms with Crippen molar-refractivity contribution in [2.45, 2.75) is 19.4 Å². The van der Waals surface area contributed by atoms with Gasteiger partial charge in [0.15, 0.2) is 6.61 Å². The number of para-hydroxylation sites is 2. The molecule has 6 nitrogen and oxygen atoms in total. The fourth-order valence-corrected chi connectivity index (χ4v) is 2.82. The number of ether oxygens (including phenoxy) is 1. The first-order chi connectivity index (χ1) is 12.5. The molecule has 1 heterocycles. The summed E-state index contributed by atoms with van der Waals surface area (Å²) in [6.45, 7) is 1.65. The molecule has 2 aromatic carbocycles. The van der Waals surface area contributed by atoms with Crippen LogP contribution in [0.1, 0.15) is 11.1 Å². The molecule has 0 saturated carbocycles. The van der Waals surface area contributed by atoms with E-state index < -0.39 is 17.9 Å². The van der Waals surface area contributed by atoms with E-state index in [4.69, 9.17) is 4.74 Å². The maximum atomic E-state index is 12.1. The maximum absolute atomic E-state index is 12.1. The summed E-state index contributed by atoms with van der Waals surface area (Å²) >= 11 is 0. The van der Waals surface area contributed by atoms with Gasteiger partial charge in [0.2, 0.25) is 0 Å². The second kappa shape index (κ2) is 7.74. The average molecular weight is 352 g/mol. The van der Waals surface area contributed by atoms with Crippen LogP contribution < -0.4 is 10.1 Å². The molecule has 3 N–H and O–H groups in total. The Labute approximate surface area is 150 Å². The molecule has 0 fully saturated rings. The number of carbonyl (C=O) groups excluding carboxylic acids is 1. The van der Waals surface area contributed by atoms with E-state index in [1.807, 2.05) is 49.4 Å². The third-order valence-electron chi connectivity index (χ3n) is 4.18. The highest BCUT2D eigenvalue weighted by Crippen LogP contribution is 2.19. The van der Waals surface area contributed by atoms with E-state index in [9.17, 15) is 14.7 Å². The molecule has 1 atom stereocenters. The molecule has 0 aliphatic rings. The zero-order chi connectivity index (χ0) is 18.5. The zero-order valence-corrected chi connectivity index (χ0v) is 14.4. The lowest BCUT2D eigenvalue weighted by Gasteiger charge is -2.15. The lowest BCUT2D eigenvalue weighted by Crippen LogP contribution is -2.44. The van der Waals surface area contributed by atoms with Gasteiger partial charge in [-0.2, -0.15) is 0 Å². The average Bonchev–Trinajstić information content (AvgIpc) is 3.03. The molecule has 1 amide bonds. The van der Waals surface area contributed by atoms with Gasteiger partial charge in [0.25, 0.3) is 5.91 Å². The van der Waals surface area contributed by atoms with Gasteiger partial charge in [-0.1, -0.05) is 36.4 Å². The number of carbonyl (C=O) groups is 2. The Hall–Kier alpha value is -3.28. The van der Waals surface area contributed by atoms with E-state index in [2.05, 4.69) is 10.3 Å². The monoisotopic (exact) mass is 352 g/mol. The summed E-state index contributed by atoms with van der Waals surface area (Å²) in [7, 11) is 0. The van der Waals surface area contributed by atoms with Gasteiger partial charge in [-0.25, -0.2) is 4.79 Å². The molecule has 0 spiro atoms. The normalized spacial score (nSPS) is 11.9. The van der Waals surface area contributed by atoms with Crippen molar-refractivity contribution < 1.29 is 19.4 Å². The highest BCUT2D eigenvalue weighted by Gasteiger charge is 2.22. The number of amides is 1. The number of rotatable bonds is 7. The van der Waals surface area contributed by atoms with Gasteiger partial charge in [0.05, 0.1) is 0 Å². The zero-order valence-electron chi connectivity index (χ0n) is 14.4. The Morgan fingerprint density at radius 2 is 1.88 bits per heavy atom. The number of nitrogens with one attached hydrogen (secondary N) is 2. The van der Waals surface area contributed by atoms with Gasteiger partial charge < -0.3 is 20.1 Å². The minimum atomic E-state index is -1.08. The number of carboxylic acid groups (broad SMARTS) is 1. The van der Waals surface area contributed by atoms with Crippen molar-refractivity contribution in [1.29, 1.82) is 0 Å². The first-order valence-corrected chi connectivity index (χ1v) is 8.30. The summed E-state index contributed by atoms with van der Waals surface area (Å²) in [6.07, 6.45) is 1.96. The molecule has 6 heteroatoms. The Morgan fingerprint density at radius 1 is 1.15 bits per heavy atom. The Morgan fingerprint density at radius 3 is 2.65 bits per heavy atom. The van der Waals surface area contributed by atoms with Crippen LogP contribution in [0.3, 0.4) is 0 Å². The molecule has 0 aliphatic carbocycles. The minimum absolute atomic E-state index is 0.190. The van der Waals surface area contributed by atoms with Crippen molar-refractivity contribution in [2.24, 2.45) is 0 Å². The smallest absolute Gasteiger partial charge is 0.326 e. The first kappa shape index (κ1) is 17.5. The number of benzene rings is 2. The fourth-order valence-electron chi connectivity index (χ4n) is 2.82. The molecule has 3 rings (SSSR count). The lowest BCUT2D eigenvalue weighted by molar-refractivity contribution is -0.142. The molecule has 134 valence electrons. The molecule has 0 radical (unpaired) electrons. The van der Waals surface area contributed by atoms with Gasteiger partial charge in [0, 0.05) is 23.5 Å². The SMILES string of the molecule is Cc1ccccc1OCC(=O)N[C@@H](Cc1c[nH]c2ccccc12)C(=O)O. The molecule has 26 heavy (non-hydrogen) atoms. The number of aliphatic carboxylic acids is 1. The Balaban J connectivity index is 1.64. The van der Waals surface area contributed by atoms with E-state index in [0.717, 1.165) is 22.0 Å². The van der Waals surface area contributed by atoms with E-state index >= 15 is 0 Å². The first-order valence-electron chi connectivity index (χ1n) is 8.30. The van der Waals surface area contributed by atoms with Crippen molar-refractivity contribution in [1.82, 2.24) is 10.3 Å². The van der Waals surface area contributed by atoms with Crippen molar-refractivity contribution in [3.05, 3.63) is 65.9 Å². The number of H-pyrrole nitrogens is 1. The largest absolute Gasteiger partial charge is 0.484 e. The lowest BCUT2D eigenvalue weighted by atomic mass is 10.1. The molecule has 0 unspecified atom stereocenters. The van der Waals surface area contributed by atoms with Crippen LogP contribution in [-0.2, 0) is 16.0 Å². The van der Waals surface area contributed by atoms with Crippen LogP contribution in [0.25, 0.3) is 10.9 Å². The van der Waals surface area contributed by atoms with Crippen LogP contribution in [0.2, 0.25) is 0 Å². The van der Waals surface area contributed by atoms with Crippen LogP contribution >= 0.6 is 0 Å². The van der Waals surface area contributed by atoms with Gasteiger partial charge in [-0.15, -0.1) is 0 Å². The number of fused-ring (bicyclic) bond motifs is 1. The second-order valence-electron chi connectivity index (χ2n) is 6.08. The summed E-state index contributed by atoms with van der Waals surface area (Å²) in [5, 5.41) is 12.9. The summed E-state index contributed by atoms with van der Waals surface area (Å²) in [4.78, 5) is 26.8. The van der Waals surface area contributed by atoms with Gasteiger partial charge in [-0.05, 0) is 30.2 Å². The summed E-state index contributed by atoms with van der Waals surface area (Å²) in [6, 6.07) is 14.0. The van der Waals surface area contributed by atoms with E-state index in [1.165, 1.54) is 0 Å². The predicted molar refractivity (Wildman–Crippen MR) is 98.2 cm³/mol. The number of hydrogen-bond acceptors (Lipinski definition) is 3. The Kier molecular flexibility index (Phi) is 5.22. The van der Waals surface area contributed by atoms with Crippen LogP contribution in [-0.4, -0.2) is 34.6 Å². The molecule has 1 aromatic heterocycles. The predicted octanol–water partition coefficient (Wildman–Crippen LogP) is 2.67. The minimum Gasteiger partial charge on any atom is -0.484 e. The fraction of sp³-hybridized carbons (Fsp3) is 0.200. The number of aromatic nitrogens is 1. The van der Waals surface area contributed by atoms with Crippen LogP contribution in [0.15, 0.2) is 54.7 Å². The van der Waals surface area contributed by atoms with Crippen molar-refractivity contribution in [3.8, 4) is 5.75 Å². The quantitative estimate of drug-likeness (QED) is 0.610.